The maximum atomic E-state index is 12.9. The standard InChI is InChI=1S/C69H122O6/c1-4-7-10-13-16-19-22-25-28-30-31-32-33-34-35-36-37-38-39-40-42-44-47-50-53-56-59-62-68(71)74-65-66(64-73-67(70)61-58-55-52-49-46-43-27-24-21-18-15-12-9-6-3)75-69(72)63-60-57-54-51-48-45-41-29-26-23-20-17-14-11-8-5-2/h7,10,16,19,24-25,27-29,31-32,41,66H,4-6,8-9,11-15,17-18,20-23,26,30,33-40,42-65H2,1-3H3/b10-7-,19-16-,27-24-,28-25-,32-31-,41-29-. The van der Waals surface area contributed by atoms with Gasteiger partial charge in [-0.1, -0.05) is 273 Å². The summed E-state index contributed by atoms with van der Waals surface area (Å²) in [6.45, 7) is 6.54. The Hall–Kier alpha value is -3.15. The lowest BCUT2D eigenvalue weighted by molar-refractivity contribution is -0.167. The summed E-state index contributed by atoms with van der Waals surface area (Å²) in [6.07, 6.45) is 82.0. The average Bonchev–Trinajstić information content (AvgIpc) is 3.41. The van der Waals surface area contributed by atoms with Gasteiger partial charge < -0.3 is 14.2 Å². The second-order valence-electron chi connectivity index (χ2n) is 21.6. The quantitative estimate of drug-likeness (QED) is 0.0261. The topological polar surface area (TPSA) is 78.9 Å². The molecule has 1 atom stereocenters. The van der Waals surface area contributed by atoms with Crippen molar-refractivity contribution in [3.8, 4) is 0 Å². The zero-order valence-electron chi connectivity index (χ0n) is 49.8. The molecule has 6 heteroatoms. The van der Waals surface area contributed by atoms with Crippen molar-refractivity contribution in [1.82, 2.24) is 0 Å². The van der Waals surface area contributed by atoms with Crippen LogP contribution in [0.2, 0.25) is 0 Å². The highest BCUT2D eigenvalue weighted by atomic mass is 16.6. The van der Waals surface area contributed by atoms with E-state index in [0.29, 0.717) is 19.3 Å². The van der Waals surface area contributed by atoms with Gasteiger partial charge in [0.25, 0.3) is 0 Å². The van der Waals surface area contributed by atoms with Crippen molar-refractivity contribution in [2.45, 2.75) is 335 Å². The Bertz CT molecular complexity index is 1390. The van der Waals surface area contributed by atoms with Crippen LogP contribution in [0.25, 0.3) is 0 Å². The smallest absolute Gasteiger partial charge is 0.306 e. The lowest BCUT2D eigenvalue weighted by atomic mass is 10.0. The Morgan fingerprint density at radius 1 is 0.280 bits per heavy atom. The predicted molar refractivity (Wildman–Crippen MR) is 325 cm³/mol. The van der Waals surface area contributed by atoms with Crippen LogP contribution in [0.5, 0.6) is 0 Å². The molecular weight excluding hydrogens is 925 g/mol. The van der Waals surface area contributed by atoms with Gasteiger partial charge in [0.2, 0.25) is 0 Å². The van der Waals surface area contributed by atoms with Gasteiger partial charge >= 0.3 is 17.9 Å². The largest absolute Gasteiger partial charge is 0.462 e. The van der Waals surface area contributed by atoms with E-state index in [0.717, 1.165) is 103 Å². The van der Waals surface area contributed by atoms with Gasteiger partial charge in [0.1, 0.15) is 13.2 Å². The minimum absolute atomic E-state index is 0.0791. The highest BCUT2D eigenvalue weighted by Crippen LogP contribution is 2.16. The van der Waals surface area contributed by atoms with E-state index in [-0.39, 0.29) is 31.1 Å². The second-order valence-corrected chi connectivity index (χ2v) is 21.6. The first-order chi connectivity index (χ1) is 37.0. The summed E-state index contributed by atoms with van der Waals surface area (Å²) in [4.78, 5) is 38.3. The van der Waals surface area contributed by atoms with E-state index in [4.69, 9.17) is 14.2 Å². The molecule has 0 N–H and O–H groups in total. The monoisotopic (exact) mass is 1050 g/mol. The summed E-state index contributed by atoms with van der Waals surface area (Å²) < 4.78 is 16.9. The molecule has 0 spiro atoms. The van der Waals surface area contributed by atoms with E-state index in [1.54, 1.807) is 0 Å². The lowest BCUT2D eigenvalue weighted by Gasteiger charge is -2.18. The number of carbonyl (C=O) groups excluding carboxylic acids is 3. The first-order valence-electron chi connectivity index (χ1n) is 32.4. The van der Waals surface area contributed by atoms with Crippen LogP contribution in [-0.4, -0.2) is 37.2 Å². The highest BCUT2D eigenvalue weighted by Gasteiger charge is 2.19. The second kappa shape index (κ2) is 63.4. The van der Waals surface area contributed by atoms with E-state index < -0.39 is 6.10 Å². The summed E-state index contributed by atoms with van der Waals surface area (Å²) in [6, 6.07) is 0. The molecule has 1 unspecified atom stereocenters. The van der Waals surface area contributed by atoms with Gasteiger partial charge in [-0.15, -0.1) is 0 Å². The molecular formula is C69H122O6. The van der Waals surface area contributed by atoms with E-state index >= 15 is 0 Å². The molecule has 0 aromatic heterocycles. The van der Waals surface area contributed by atoms with Crippen LogP contribution >= 0.6 is 0 Å². The van der Waals surface area contributed by atoms with Crippen LogP contribution in [0, 0.1) is 0 Å². The van der Waals surface area contributed by atoms with Gasteiger partial charge in [-0.25, -0.2) is 0 Å². The van der Waals surface area contributed by atoms with Crippen molar-refractivity contribution < 1.29 is 28.6 Å². The molecule has 75 heavy (non-hydrogen) atoms. The summed E-state index contributed by atoms with van der Waals surface area (Å²) in [5.41, 5.74) is 0. The minimum atomic E-state index is -0.783. The van der Waals surface area contributed by atoms with Crippen molar-refractivity contribution >= 4 is 17.9 Å². The zero-order valence-corrected chi connectivity index (χ0v) is 49.8. The Kier molecular flexibility index (Phi) is 60.7. The highest BCUT2D eigenvalue weighted by molar-refractivity contribution is 5.71. The maximum absolute atomic E-state index is 12.9. The van der Waals surface area contributed by atoms with Gasteiger partial charge in [-0.2, -0.15) is 0 Å². The number of carbonyl (C=O) groups is 3. The van der Waals surface area contributed by atoms with E-state index in [1.165, 1.54) is 186 Å². The number of allylic oxidation sites excluding steroid dienone is 12. The summed E-state index contributed by atoms with van der Waals surface area (Å²) >= 11 is 0. The molecule has 0 aromatic carbocycles. The molecule has 0 aliphatic heterocycles. The molecule has 0 aromatic rings. The van der Waals surface area contributed by atoms with Gasteiger partial charge in [-0.3, -0.25) is 14.4 Å². The number of hydrogen-bond donors (Lipinski definition) is 0. The SMILES string of the molecule is CC/C=C\C/C=C\C/C=C\C/C=C\CCCCCCCCCCCCCCCCC(=O)OCC(COC(=O)CCCCCCC/C=C\CCCCCCC)OC(=O)CCCCCCC/C=C\CCCCCCCCC. The molecule has 0 fully saturated rings. The van der Waals surface area contributed by atoms with Crippen LogP contribution < -0.4 is 0 Å². The third-order valence-electron chi connectivity index (χ3n) is 14.2. The summed E-state index contributed by atoms with van der Waals surface area (Å²) in [7, 11) is 0. The fourth-order valence-corrected chi connectivity index (χ4v) is 9.31. The van der Waals surface area contributed by atoms with E-state index in [1.807, 2.05) is 0 Å². The van der Waals surface area contributed by atoms with Gasteiger partial charge in [0.05, 0.1) is 0 Å². The van der Waals surface area contributed by atoms with Gasteiger partial charge in [-0.05, 0) is 109 Å². The lowest BCUT2D eigenvalue weighted by Crippen LogP contribution is -2.30. The number of rotatable bonds is 59. The first-order valence-corrected chi connectivity index (χ1v) is 32.4. The molecule has 0 bridgehead atoms. The van der Waals surface area contributed by atoms with Crippen molar-refractivity contribution in [3.05, 3.63) is 72.9 Å². The van der Waals surface area contributed by atoms with Gasteiger partial charge in [0.15, 0.2) is 6.10 Å². The maximum Gasteiger partial charge on any atom is 0.306 e. The van der Waals surface area contributed by atoms with E-state index in [2.05, 4.69) is 93.7 Å². The van der Waals surface area contributed by atoms with Crippen LogP contribution in [-0.2, 0) is 28.6 Å². The summed E-state index contributed by atoms with van der Waals surface area (Å²) in [5.74, 6) is -0.881. The third-order valence-corrected chi connectivity index (χ3v) is 14.2. The zero-order chi connectivity index (χ0) is 54.3. The molecule has 0 rings (SSSR count). The average molecular weight is 1050 g/mol. The fourth-order valence-electron chi connectivity index (χ4n) is 9.31. The van der Waals surface area contributed by atoms with Gasteiger partial charge in [0, 0.05) is 19.3 Å². The molecule has 6 nitrogen and oxygen atoms in total. The predicted octanol–water partition coefficient (Wildman–Crippen LogP) is 22.1. The number of unbranched alkanes of at least 4 members (excludes halogenated alkanes) is 36. The van der Waals surface area contributed by atoms with Crippen LogP contribution in [0.4, 0.5) is 0 Å². The third kappa shape index (κ3) is 61.6. The molecule has 0 aliphatic rings. The Balaban J connectivity index is 4.27. The number of esters is 3. The Morgan fingerprint density at radius 3 is 0.827 bits per heavy atom. The first kappa shape index (κ1) is 71.8. The number of hydrogen-bond acceptors (Lipinski definition) is 6. The van der Waals surface area contributed by atoms with Crippen LogP contribution in [0.3, 0.4) is 0 Å². The molecule has 0 amide bonds. The molecule has 0 heterocycles. The Morgan fingerprint density at radius 2 is 0.520 bits per heavy atom. The van der Waals surface area contributed by atoms with Crippen LogP contribution in [0.1, 0.15) is 329 Å². The van der Waals surface area contributed by atoms with Crippen molar-refractivity contribution in [1.29, 1.82) is 0 Å². The Labute approximate surface area is 465 Å². The van der Waals surface area contributed by atoms with Crippen molar-refractivity contribution in [2.75, 3.05) is 13.2 Å². The molecule has 0 radical (unpaired) electrons. The summed E-state index contributed by atoms with van der Waals surface area (Å²) in [5, 5.41) is 0. The molecule has 0 aliphatic carbocycles. The van der Waals surface area contributed by atoms with E-state index in [9.17, 15) is 14.4 Å². The molecule has 0 saturated carbocycles. The van der Waals surface area contributed by atoms with Crippen molar-refractivity contribution in [2.24, 2.45) is 0 Å². The fraction of sp³-hybridized carbons (Fsp3) is 0.783. The van der Waals surface area contributed by atoms with Crippen LogP contribution in [0.15, 0.2) is 72.9 Å². The van der Waals surface area contributed by atoms with Crippen molar-refractivity contribution in [3.63, 3.8) is 0 Å². The molecule has 0 saturated heterocycles. The normalized spacial score (nSPS) is 12.5. The molecule has 434 valence electrons. The minimum Gasteiger partial charge on any atom is -0.462 e. The number of ether oxygens (including phenoxy) is 3.